The standard InChI is InChI=1S/C22H27FN6O/c1-14-24-11-16(12-25-14)15-4-5-19-18(10-15)20(28-27-19)21(30)26-17-6-8-29(9-7-17)13-22(2,3)23/h4-5,10-12,17H,6-9,13H2,1-3H3,(H,26,30)(H,27,28). The van der Waals surface area contributed by atoms with Crippen molar-refractivity contribution in [2.75, 3.05) is 19.6 Å². The fourth-order valence-electron chi connectivity index (χ4n) is 3.93. The van der Waals surface area contributed by atoms with Crippen LogP contribution in [0.15, 0.2) is 30.6 Å². The zero-order valence-electron chi connectivity index (χ0n) is 17.6. The molecule has 0 atom stereocenters. The summed E-state index contributed by atoms with van der Waals surface area (Å²) in [6.45, 7) is 7.01. The van der Waals surface area contributed by atoms with Crippen LogP contribution in [0.1, 0.15) is 43.0 Å². The van der Waals surface area contributed by atoms with E-state index < -0.39 is 5.67 Å². The first-order valence-corrected chi connectivity index (χ1v) is 10.3. The third-order valence-electron chi connectivity index (χ3n) is 5.41. The van der Waals surface area contributed by atoms with Gasteiger partial charge in [-0.25, -0.2) is 14.4 Å². The van der Waals surface area contributed by atoms with Crippen LogP contribution in [0.3, 0.4) is 0 Å². The van der Waals surface area contributed by atoms with Gasteiger partial charge in [0.1, 0.15) is 11.5 Å². The molecule has 1 aliphatic rings. The number of fused-ring (bicyclic) bond motifs is 1. The third kappa shape index (κ3) is 4.64. The molecule has 3 aromatic rings. The van der Waals surface area contributed by atoms with Gasteiger partial charge in [-0.3, -0.25) is 9.89 Å². The molecule has 8 heteroatoms. The number of hydrogen-bond donors (Lipinski definition) is 2. The summed E-state index contributed by atoms with van der Waals surface area (Å²) in [6, 6.07) is 5.87. The van der Waals surface area contributed by atoms with E-state index in [9.17, 15) is 9.18 Å². The molecule has 7 nitrogen and oxygen atoms in total. The molecular weight excluding hydrogens is 383 g/mol. The number of benzene rings is 1. The highest BCUT2D eigenvalue weighted by Gasteiger charge is 2.27. The summed E-state index contributed by atoms with van der Waals surface area (Å²) in [6.07, 6.45) is 5.15. The molecule has 0 spiro atoms. The van der Waals surface area contributed by atoms with Gasteiger partial charge in [0.05, 0.1) is 5.52 Å². The molecule has 0 bridgehead atoms. The van der Waals surface area contributed by atoms with E-state index in [0.29, 0.717) is 18.1 Å². The quantitative estimate of drug-likeness (QED) is 0.674. The normalized spacial score (nSPS) is 16.1. The van der Waals surface area contributed by atoms with Crippen molar-refractivity contribution >= 4 is 16.8 Å². The van der Waals surface area contributed by atoms with Gasteiger partial charge in [0.2, 0.25) is 0 Å². The molecular formula is C22H27FN6O. The number of rotatable bonds is 5. The maximum Gasteiger partial charge on any atom is 0.272 e. The van der Waals surface area contributed by atoms with Crippen molar-refractivity contribution in [3.05, 3.63) is 42.1 Å². The molecule has 1 aliphatic heterocycles. The molecule has 0 aliphatic carbocycles. The van der Waals surface area contributed by atoms with Gasteiger partial charge in [-0.2, -0.15) is 5.10 Å². The van der Waals surface area contributed by atoms with Gasteiger partial charge < -0.3 is 10.2 Å². The van der Waals surface area contributed by atoms with E-state index in [1.165, 1.54) is 0 Å². The average Bonchev–Trinajstić information content (AvgIpc) is 3.12. The van der Waals surface area contributed by atoms with Crippen LogP contribution in [-0.4, -0.2) is 62.3 Å². The molecule has 4 rings (SSSR count). The number of piperidine rings is 1. The molecule has 30 heavy (non-hydrogen) atoms. The smallest absolute Gasteiger partial charge is 0.272 e. The minimum Gasteiger partial charge on any atom is -0.348 e. The second-order valence-corrected chi connectivity index (χ2v) is 8.59. The Balaban J connectivity index is 1.46. The van der Waals surface area contributed by atoms with Gasteiger partial charge in [0.25, 0.3) is 5.91 Å². The van der Waals surface area contributed by atoms with Crippen LogP contribution in [0.4, 0.5) is 4.39 Å². The Hall–Kier alpha value is -2.87. The largest absolute Gasteiger partial charge is 0.348 e. The van der Waals surface area contributed by atoms with Crippen LogP contribution in [-0.2, 0) is 0 Å². The fraction of sp³-hybridized carbons (Fsp3) is 0.455. The lowest BCUT2D eigenvalue weighted by molar-refractivity contribution is 0.0844. The van der Waals surface area contributed by atoms with Crippen molar-refractivity contribution < 1.29 is 9.18 Å². The minimum absolute atomic E-state index is 0.0666. The Morgan fingerprint density at radius 3 is 2.60 bits per heavy atom. The molecule has 0 unspecified atom stereocenters. The minimum atomic E-state index is -1.20. The highest BCUT2D eigenvalue weighted by Crippen LogP contribution is 2.25. The van der Waals surface area contributed by atoms with E-state index >= 15 is 0 Å². The zero-order chi connectivity index (χ0) is 21.3. The molecule has 1 amide bonds. The average molecular weight is 410 g/mol. The Bertz CT molecular complexity index is 1030. The highest BCUT2D eigenvalue weighted by molar-refractivity contribution is 6.05. The van der Waals surface area contributed by atoms with Gasteiger partial charge in [0, 0.05) is 49.0 Å². The lowest BCUT2D eigenvalue weighted by atomic mass is 10.0. The Morgan fingerprint density at radius 1 is 1.23 bits per heavy atom. The molecule has 3 heterocycles. The van der Waals surface area contributed by atoms with Gasteiger partial charge in [-0.1, -0.05) is 6.07 Å². The van der Waals surface area contributed by atoms with E-state index in [1.807, 2.05) is 25.1 Å². The lowest BCUT2D eigenvalue weighted by Gasteiger charge is -2.34. The highest BCUT2D eigenvalue weighted by atomic mass is 19.1. The van der Waals surface area contributed by atoms with Gasteiger partial charge in [-0.15, -0.1) is 0 Å². The zero-order valence-corrected chi connectivity index (χ0v) is 17.6. The molecule has 2 N–H and O–H groups in total. The Kier molecular flexibility index (Phi) is 5.51. The number of hydrogen-bond acceptors (Lipinski definition) is 5. The summed E-state index contributed by atoms with van der Waals surface area (Å²) in [5, 5.41) is 11.0. The van der Waals surface area contributed by atoms with Gasteiger partial charge in [-0.05, 0) is 51.3 Å². The maximum atomic E-state index is 13.9. The topological polar surface area (TPSA) is 86.8 Å². The number of carbonyl (C=O) groups is 1. The predicted octanol–water partition coefficient (Wildman–Crippen LogP) is 3.27. The number of likely N-dealkylation sites (tertiary alicyclic amines) is 1. The summed E-state index contributed by atoms with van der Waals surface area (Å²) in [5.41, 5.74) is 1.80. The Morgan fingerprint density at radius 2 is 1.93 bits per heavy atom. The number of amides is 1. The molecule has 1 fully saturated rings. The third-order valence-corrected chi connectivity index (χ3v) is 5.41. The molecule has 0 saturated carbocycles. The first kappa shape index (κ1) is 20.4. The van der Waals surface area contributed by atoms with Crippen molar-refractivity contribution in [2.45, 2.75) is 45.3 Å². The van der Waals surface area contributed by atoms with Gasteiger partial charge in [0.15, 0.2) is 5.69 Å². The van der Waals surface area contributed by atoms with Crippen LogP contribution >= 0.6 is 0 Å². The van der Waals surface area contributed by atoms with Crippen LogP contribution in [0.25, 0.3) is 22.0 Å². The number of nitrogens with zero attached hydrogens (tertiary/aromatic N) is 4. The number of aryl methyl sites for hydroxylation is 1. The number of alkyl halides is 1. The molecule has 1 aromatic carbocycles. The predicted molar refractivity (Wildman–Crippen MR) is 114 cm³/mol. The maximum absolute atomic E-state index is 13.9. The van der Waals surface area contributed by atoms with E-state index in [2.05, 4.69) is 30.4 Å². The number of halogens is 1. The van der Waals surface area contributed by atoms with Crippen LogP contribution in [0.5, 0.6) is 0 Å². The van der Waals surface area contributed by atoms with E-state index in [4.69, 9.17) is 0 Å². The van der Waals surface area contributed by atoms with Crippen molar-refractivity contribution in [3.8, 4) is 11.1 Å². The lowest BCUT2D eigenvalue weighted by Crippen LogP contribution is -2.47. The second kappa shape index (κ2) is 8.10. The van der Waals surface area contributed by atoms with Crippen LogP contribution < -0.4 is 5.32 Å². The van der Waals surface area contributed by atoms with Crippen molar-refractivity contribution in [1.29, 1.82) is 0 Å². The van der Waals surface area contributed by atoms with E-state index in [-0.39, 0.29) is 11.9 Å². The number of H-pyrrole nitrogens is 1. The first-order chi connectivity index (χ1) is 14.3. The summed E-state index contributed by atoms with van der Waals surface area (Å²) in [5.74, 6) is 0.521. The molecule has 1 saturated heterocycles. The number of carbonyl (C=O) groups excluding carboxylic acids is 1. The molecule has 2 aromatic heterocycles. The summed E-state index contributed by atoms with van der Waals surface area (Å²) >= 11 is 0. The molecule has 158 valence electrons. The van der Waals surface area contributed by atoms with Crippen molar-refractivity contribution in [3.63, 3.8) is 0 Å². The number of nitrogens with one attached hydrogen (secondary N) is 2. The van der Waals surface area contributed by atoms with Crippen molar-refractivity contribution in [1.82, 2.24) is 30.4 Å². The fourth-order valence-corrected chi connectivity index (χ4v) is 3.93. The van der Waals surface area contributed by atoms with Crippen molar-refractivity contribution in [2.24, 2.45) is 0 Å². The number of aromatic nitrogens is 4. The monoisotopic (exact) mass is 410 g/mol. The Labute approximate surface area is 175 Å². The SMILES string of the molecule is Cc1ncc(-c2ccc3[nH]nc(C(=O)NC4CCN(CC(C)(C)F)CC4)c3c2)cn1. The van der Waals surface area contributed by atoms with E-state index in [1.54, 1.807) is 26.2 Å². The summed E-state index contributed by atoms with van der Waals surface area (Å²) in [7, 11) is 0. The first-order valence-electron chi connectivity index (χ1n) is 10.3. The van der Waals surface area contributed by atoms with E-state index in [0.717, 1.165) is 48.0 Å². The summed E-state index contributed by atoms with van der Waals surface area (Å²) < 4.78 is 13.9. The van der Waals surface area contributed by atoms with Gasteiger partial charge >= 0.3 is 0 Å². The van der Waals surface area contributed by atoms with Crippen LogP contribution in [0.2, 0.25) is 0 Å². The van der Waals surface area contributed by atoms with Crippen LogP contribution in [0, 0.1) is 6.92 Å². The number of aromatic amines is 1. The molecule has 0 radical (unpaired) electrons. The summed E-state index contributed by atoms with van der Waals surface area (Å²) in [4.78, 5) is 23.5. The second-order valence-electron chi connectivity index (χ2n) is 8.59.